The molecule has 5 rings (SSSR count). The Kier molecular flexibility index (Phi) is 8.35. The highest BCUT2D eigenvalue weighted by molar-refractivity contribution is 8.02. The Morgan fingerprint density at radius 1 is 1.20 bits per heavy atom. The van der Waals surface area contributed by atoms with Gasteiger partial charge in [0.05, 0.1) is 35.8 Å². The average molecular weight is 577 g/mol. The summed E-state index contributed by atoms with van der Waals surface area (Å²) in [6, 6.07) is 14.1. The van der Waals surface area contributed by atoms with Crippen LogP contribution in [0.4, 0.5) is 5.69 Å². The fourth-order valence-corrected chi connectivity index (χ4v) is 9.97. The second-order valence-electron chi connectivity index (χ2n) is 11.6. The molecule has 0 aliphatic carbocycles. The lowest BCUT2D eigenvalue weighted by atomic mass is 9.66. The summed E-state index contributed by atoms with van der Waals surface area (Å²) in [5, 5.41) is 10.6. The lowest BCUT2D eigenvalue weighted by Crippen LogP contribution is -2.59. The van der Waals surface area contributed by atoms with E-state index in [9.17, 15) is 14.7 Å². The summed E-state index contributed by atoms with van der Waals surface area (Å²) in [6.45, 7) is 12.0. The van der Waals surface area contributed by atoms with Gasteiger partial charge in [-0.15, -0.1) is 18.3 Å². The van der Waals surface area contributed by atoms with Crippen LogP contribution in [0.5, 0.6) is 0 Å². The topological polar surface area (TPSA) is 87.2 Å². The van der Waals surface area contributed by atoms with Gasteiger partial charge in [0.25, 0.3) is 5.91 Å². The number of likely N-dealkylation sites (tertiary alicyclic amines) is 1. The van der Waals surface area contributed by atoms with Crippen molar-refractivity contribution in [1.29, 1.82) is 0 Å². The molecule has 3 fully saturated rings. The molecule has 8 heteroatoms. The number of para-hydroxylation sites is 1. The molecule has 1 N–H and O–H groups in total. The first kappa shape index (κ1) is 29.4. The zero-order valence-corrected chi connectivity index (χ0v) is 25.1. The van der Waals surface area contributed by atoms with Crippen LogP contribution in [-0.4, -0.2) is 69.6 Å². The summed E-state index contributed by atoms with van der Waals surface area (Å²) in [6.07, 6.45) is 2.83. The van der Waals surface area contributed by atoms with E-state index in [-0.39, 0.29) is 48.7 Å². The monoisotopic (exact) mass is 576 g/mol. The van der Waals surface area contributed by atoms with Crippen molar-refractivity contribution in [2.75, 3.05) is 24.7 Å². The lowest BCUT2D eigenvalue weighted by molar-refractivity contribution is -0.154. The molecule has 3 aliphatic rings. The highest BCUT2D eigenvalue weighted by Gasteiger charge is 2.77. The first-order valence-corrected chi connectivity index (χ1v) is 15.4. The first-order valence-electron chi connectivity index (χ1n) is 14.5. The standard InChI is InChI=1S/C33H40N2O5S/c1-6-16-34(28-20(3)12-11-13-21(28)4)31(38)29-33-22(5)17-25(41-33)26(32(39)40-7-2)27(33)30(37)35(29)24(19-36)18-23-14-9-8-10-15-23/h6,8-15,22,24-27,29,36H,1,7,16-19H2,2-5H3/t22?,24-,25+,26-,27+,29?,33?/m1/s1. The summed E-state index contributed by atoms with van der Waals surface area (Å²) in [5.41, 5.74) is 3.67. The Morgan fingerprint density at radius 2 is 1.88 bits per heavy atom. The van der Waals surface area contributed by atoms with Crippen LogP contribution in [0.3, 0.4) is 0 Å². The van der Waals surface area contributed by atoms with Crippen LogP contribution in [0.25, 0.3) is 0 Å². The summed E-state index contributed by atoms with van der Waals surface area (Å²) in [5.74, 6) is -2.11. The summed E-state index contributed by atoms with van der Waals surface area (Å²) in [7, 11) is 0. The molecule has 0 saturated carbocycles. The van der Waals surface area contributed by atoms with Crippen LogP contribution in [0.2, 0.25) is 0 Å². The van der Waals surface area contributed by atoms with E-state index in [0.717, 1.165) is 28.8 Å². The first-order chi connectivity index (χ1) is 19.7. The second-order valence-corrected chi connectivity index (χ2v) is 13.1. The van der Waals surface area contributed by atoms with Crippen molar-refractivity contribution in [1.82, 2.24) is 4.90 Å². The van der Waals surface area contributed by atoms with Crippen LogP contribution in [0.1, 0.15) is 37.0 Å². The number of nitrogens with zero attached hydrogens (tertiary/aromatic N) is 2. The van der Waals surface area contributed by atoms with Crippen molar-refractivity contribution in [3.05, 3.63) is 77.9 Å². The van der Waals surface area contributed by atoms with Crippen LogP contribution >= 0.6 is 11.8 Å². The third-order valence-corrected chi connectivity index (χ3v) is 11.3. The molecule has 3 heterocycles. The van der Waals surface area contributed by atoms with Gasteiger partial charge in [-0.3, -0.25) is 14.4 Å². The number of aliphatic hydroxyl groups excluding tert-OH is 1. The molecule has 2 amide bonds. The lowest BCUT2D eigenvalue weighted by Gasteiger charge is -2.42. The average Bonchev–Trinajstić information content (AvgIpc) is 3.55. The predicted molar refractivity (Wildman–Crippen MR) is 162 cm³/mol. The van der Waals surface area contributed by atoms with Gasteiger partial charge in [0.15, 0.2) is 0 Å². The van der Waals surface area contributed by atoms with Gasteiger partial charge in [-0.1, -0.05) is 61.5 Å². The van der Waals surface area contributed by atoms with Gasteiger partial charge in [-0.2, -0.15) is 0 Å². The van der Waals surface area contributed by atoms with E-state index in [4.69, 9.17) is 4.74 Å². The number of anilines is 1. The Balaban J connectivity index is 1.66. The highest BCUT2D eigenvalue weighted by Crippen LogP contribution is 2.69. The minimum atomic E-state index is -0.857. The molecule has 3 saturated heterocycles. The molecule has 0 radical (unpaired) electrons. The molecule has 3 aliphatic heterocycles. The van der Waals surface area contributed by atoms with E-state index in [2.05, 4.69) is 13.5 Å². The van der Waals surface area contributed by atoms with Gasteiger partial charge in [-0.05, 0) is 56.2 Å². The fourth-order valence-electron chi connectivity index (χ4n) is 7.58. The van der Waals surface area contributed by atoms with Crippen LogP contribution in [0, 0.1) is 31.6 Å². The minimum Gasteiger partial charge on any atom is -0.466 e. The zero-order chi connectivity index (χ0) is 29.5. The number of carbonyl (C=O) groups is 3. The summed E-state index contributed by atoms with van der Waals surface area (Å²) >= 11 is 1.62. The van der Waals surface area contributed by atoms with Crippen molar-refractivity contribution in [3.8, 4) is 0 Å². The molecule has 2 aromatic carbocycles. The predicted octanol–water partition coefficient (Wildman–Crippen LogP) is 4.33. The Bertz CT molecular complexity index is 1310. The van der Waals surface area contributed by atoms with Gasteiger partial charge >= 0.3 is 5.97 Å². The number of benzene rings is 2. The molecule has 41 heavy (non-hydrogen) atoms. The number of carbonyl (C=O) groups excluding carboxylic acids is 3. The SMILES string of the molecule is C=CCN(C(=O)C1N([C@@H](CO)Cc2ccccc2)C(=O)[C@@H]2[C@H](C(=O)OCC)[C@@H]3CC(C)C12S3)c1c(C)cccc1C. The van der Waals surface area contributed by atoms with Crippen molar-refractivity contribution in [3.63, 3.8) is 0 Å². The highest BCUT2D eigenvalue weighted by atomic mass is 32.2. The molecule has 1 spiro atoms. The third kappa shape index (κ3) is 4.69. The third-order valence-electron chi connectivity index (χ3n) is 9.18. The van der Waals surface area contributed by atoms with Gasteiger partial charge in [0.2, 0.25) is 5.91 Å². The minimum absolute atomic E-state index is 0.00990. The maximum absolute atomic E-state index is 15.0. The van der Waals surface area contributed by atoms with Crippen molar-refractivity contribution >= 4 is 35.2 Å². The van der Waals surface area contributed by atoms with Crippen LogP contribution < -0.4 is 4.90 Å². The number of aliphatic hydroxyl groups is 1. The molecular formula is C33H40N2O5S. The molecule has 2 bridgehead atoms. The van der Waals surface area contributed by atoms with Gasteiger partial charge in [-0.25, -0.2) is 0 Å². The Labute approximate surface area is 246 Å². The molecular weight excluding hydrogens is 536 g/mol. The number of hydrogen-bond donors (Lipinski definition) is 1. The quantitative estimate of drug-likeness (QED) is 0.335. The fraction of sp³-hybridized carbons (Fsp3) is 0.485. The van der Waals surface area contributed by atoms with E-state index in [1.165, 1.54) is 0 Å². The van der Waals surface area contributed by atoms with Crippen LogP contribution in [0.15, 0.2) is 61.2 Å². The molecule has 7 atom stereocenters. The number of rotatable bonds is 10. The number of amides is 2. The van der Waals surface area contributed by atoms with Crippen molar-refractivity contribution in [2.24, 2.45) is 17.8 Å². The van der Waals surface area contributed by atoms with E-state index >= 15 is 4.79 Å². The number of hydrogen-bond acceptors (Lipinski definition) is 6. The van der Waals surface area contributed by atoms with Gasteiger partial charge < -0.3 is 19.6 Å². The van der Waals surface area contributed by atoms with E-state index in [1.54, 1.807) is 34.6 Å². The molecule has 7 nitrogen and oxygen atoms in total. The van der Waals surface area contributed by atoms with E-state index < -0.39 is 28.7 Å². The smallest absolute Gasteiger partial charge is 0.310 e. The summed E-state index contributed by atoms with van der Waals surface area (Å²) in [4.78, 5) is 46.3. The molecule has 2 aromatic rings. The number of fused-ring (bicyclic) bond motifs is 1. The maximum atomic E-state index is 15.0. The number of thioether (sulfide) groups is 1. The Hall–Kier alpha value is -3.10. The normalized spacial score (nSPS) is 28.9. The maximum Gasteiger partial charge on any atom is 0.310 e. The number of esters is 1. The number of aryl methyl sites for hydroxylation is 2. The zero-order valence-electron chi connectivity index (χ0n) is 24.3. The van der Waals surface area contributed by atoms with Crippen LogP contribution in [-0.2, 0) is 25.5 Å². The van der Waals surface area contributed by atoms with E-state index in [1.807, 2.05) is 62.4 Å². The molecule has 218 valence electrons. The second kappa shape index (κ2) is 11.6. The van der Waals surface area contributed by atoms with E-state index in [0.29, 0.717) is 6.42 Å². The van der Waals surface area contributed by atoms with Gasteiger partial charge in [0, 0.05) is 17.5 Å². The Morgan fingerprint density at radius 3 is 2.49 bits per heavy atom. The van der Waals surface area contributed by atoms with Crippen molar-refractivity contribution < 1.29 is 24.2 Å². The molecule has 3 unspecified atom stereocenters. The largest absolute Gasteiger partial charge is 0.466 e. The number of ether oxygens (including phenoxy) is 1. The summed E-state index contributed by atoms with van der Waals surface area (Å²) < 4.78 is 4.68. The van der Waals surface area contributed by atoms with Gasteiger partial charge in [0.1, 0.15) is 6.04 Å². The molecule has 0 aromatic heterocycles. The van der Waals surface area contributed by atoms with Crippen molar-refractivity contribution in [2.45, 2.75) is 62.6 Å².